The lowest BCUT2D eigenvalue weighted by atomic mass is 9.88. The van der Waals surface area contributed by atoms with Gasteiger partial charge in [0.25, 0.3) is 0 Å². The lowest BCUT2D eigenvalue weighted by molar-refractivity contribution is 0.0984. The number of aromatic nitrogens is 2. The average Bonchev–Trinajstić information content (AvgIpc) is 3.02. The van der Waals surface area contributed by atoms with Gasteiger partial charge < -0.3 is 4.98 Å². The Morgan fingerprint density at radius 3 is 2.83 bits per heavy atom. The van der Waals surface area contributed by atoms with Gasteiger partial charge in [-0.1, -0.05) is 31.2 Å². The third-order valence-electron chi connectivity index (χ3n) is 4.54. The number of aromatic amines is 1. The molecule has 0 fully saturated rings. The first-order chi connectivity index (χ1) is 11.2. The summed E-state index contributed by atoms with van der Waals surface area (Å²) in [7, 11) is 0. The molecule has 0 saturated carbocycles. The molecule has 3 nitrogen and oxygen atoms in total. The van der Waals surface area contributed by atoms with Gasteiger partial charge in [0, 0.05) is 18.3 Å². The fourth-order valence-corrected chi connectivity index (χ4v) is 3.19. The van der Waals surface area contributed by atoms with Gasteiger partial charge in [0.05, 0.1) is 0 Å². The fourth-order valence-electron chi connectivity index (χ4n) is 3.19. The van der Waals surface area contributed by atoms with Gasteiger partial charge in [-0.25, -0.2) is 4.98 Å². The van der Waals surface area contributed by atoms with Crippen LogP contribution in [0.25, 0.3) is 5.57 Å². The second-order valence-corrected chi connectivity index (χ2v) is 6.33. The molecular formula is C20H24N2O. The first kappa shape index (κ1) is 15.7. The molecule has 0 radical (unpaired) electrons. The molecule has 2 aromatic rings. The number of carbonyl (C=O) groups is 1. The van der Waals surface area contributed by atoms with Gasteiger partial charge >= 0.3 is 0 Å². The molecule has 1 aliphatic carbocycles. The SMILES string of the molecule is CCc1ccc(CC(=O)c2ncc(C)[nH]2)c(C2=CCCCC2)c1. The molecule has 0 bridgehead atoms. The van der Waals surface area contributed by atoms with E-state index in [0.29, 0.717) is 12.2 Å². The topological polar surface area (TPSA) is 45.8 Å². The van der Waals surface area contributed by atoms with Gasteiger partial charge in [-0.15, -0.1) is 0 Å². The molecule has 1 aliphatic rings. The number of H-pyrrole nitrogens is 1. The predicted octanol–water partition coefficient (Wildman–Crippen LogP) is 4.66. The maximum absolute atomic E-state index is 12.5. The maximum atomic E-state index is 12.5. The van der Waals surface area contributed by atoms with E-state index in [1.807, 2.05) is 6.92 Å². The number of nitrogens with one attached hydrogen (secondary N) is 1. The number of hydrogen-bond donors (Lipinski definition) is 1. The van der Waals surface area contributed by atoms with Crippen LogP contribution in [-0.4, -0.2) is 15.8 Å². The second-order valence-electron chi connectivity index (χ2n) is 6.33. The van der Waals surface area contributed by atoms with Gasteiger partial charge in [-0.3, -0.25) is 4.79 Å². The number of nitrogens with zero attached hydrogens (tertiary/aromatic N) is 1. The van der Waals surface area contributed by atoms with Crippen molar-refractivity contribution in [1.29, 1.82) is 0 Å². The molecule has 0 unspecified atom stereocenters. The monoisotopic (exact) mass is 308 g/mol. The van der Waals surface area contributed by atoms with Crippen LogP contribution in [0.4, 0.5) is 0 Å². The number of imidazole rings is 1. The first-order valence-electron chi connectivity index (χ1n) is 8.53. The second kappa shape index (κ2) is 6.95. The van der Waals surface area contributed by atoms with Crippen LogP contribution in [0.2, 0.25) is 0 Å². The summed E-state index contributed by atoms with van der Waals surface area (Å²) in [6.45, 7) is 4.09. The summed E-state index contributed by atoms with van der Waals surface area (Å²) in [6.07, 6.45) is 10.3. The molecule has 0 aliphatic heterocycles. The van der Waals surface area contributed by atoms with Crippen molar-refractivity contribution in [1.82, 2.24) is 9.97 Å². The molecule has 1 N–H and O–H groups in total. The van der Waals surface area contributed by atoms with E-state index in [0.717, 1.165) is 30.5 Å². The minimum absolute atomic E-state index is 0.0556. The van der Waals surface area contributed by atoms with Gasteiger partial charge in [0.2, 0.25) is 5.78 Å². The van der Waals surface area contributed by atoms with E-state index >= 15 is 0 Å². The number of aryl methyl sites for hydroxylation is 2. The number of Topliss-reactive ketones (excluding diaryl/α,β-unsaturated/α-hetero) is 1. The van der Waals surface area contributed by atoms with Gasteiger partial charge in [0.15, 0.2) is 5.82 Å². The van der Waals surface area contributed by atoms with Gasteiger partial charge in [-0.05, 0) is 61.3 Å². The van der Waals surface area contributed by atoms with E-state index in [9.17, 15) is 4.79 Å². The summed E-state index contributed by atoms with van der Waals surface area (Å²) in [5, 5.41) is 0. The maximum Gasteiger partial charge on any atom is 0.202 e. The van der Waals surface area contributed by atoms with Gasteiger partial charge in [0.1, 0.15) is 0 Å². The molecule has 1 aromatic heterocycles. The normalized spacial score (nSPS) is 14.6. The Hall–Kier alpha value is -2.16. The van der Waals surface area contributed by atoms with Crippen LogP contribution in [0.15, 0.2) is 30.5 Å². The smallest absolute Gasteiger partial charge is 0.202 e. The van der Waals surface area contributed by atoms with Crippen LogP contribution in [0.5, 0.6) is 0 Å². The average molecular weight is 308 g/mol. The van der Waals surface area contributed by atoms with Crippen LogP contribution in [0.3, 0.4) is 0 Å². The van der Waals surface area contributed by atoms with Gasteiger partial charge in [-0.2, -0.15) is 0 Å². The Kier molecular flexibility index (Phi) is 4.75. The minimum atomic E-state index is 0.0556. The summed E-state index contributed by atoms with van der Waals surface area (Å²) >= 11 is 0. The predicted molar refractivity (Wildman–Crippen MR) is 93.6 cm³/mol. The van der Waals surface area contributed by atoms with E-state index in [1.54, 1.807) is 6.20 Å². The van der Waals surface area contributed by atoms with E-state index in [2.05, 4.69) is 41.2 Å². The summed E-state index contributed by atoms with van der Waals surface area (Å²) in [6, 6.07) is 6.54. The fraction of sp³-hybridized carbons (Fsp3) is 0.400. The Bertz CT molecular complexity index is 740. The summed E-state index contributed by atoms with van der Waals surface area (Å²) < 4.78 is 0. The first-order valence-corrected chi connectivity index (χ1v) is 8.53. The van der Waals surface area contributed by atoms with Crippen molar-refractivity contribution in [2.45, 2.75) is 52.4 Å². The van der Waals surface area contributed by atoms with Crippen molar-refractivity contribution in [3.63, 3.8) is 0 Å². The molecular weight excluding hydrogens is 284 g/mol. The highest BCUT2D eigenvalue weighted by atomic mass is 16.1. The number of allylic oxidation sites excluding steroid dienone is 2. The minimum Gasteiger partial charge on any atom is -0.340 e. The van der Waals surface area contributed by atoms with Crippen molar-refractivity contribution in [3.8, 4) is 0 Å². The molecule has 3 rings (SSSR count). The van der Waals surface area contributed by atoms with Crippen molar-refractivity contribution in [3.05, 3.63) is 58.7 Å². The zero-order valence-corrected chi connectivity index (χ0v) is 14.0. The molecule has 0 saturated heterocycles. The van der Waals surface area contributed by atoms with Crippen LogP contribution in [-0.2, 0) is 12.8 Å². The number of carbonyl (C=O) groups excluding carboxylic acids is 1. The highest BCUT2D eigenvalue weighted by Crippen LogP contribution is 2.30. The van der Waals surface area contributed by atoms with Crippen LogP contribution < -0.4 is 0 Å². The Morgan fingerprint density at radius 2 is 2.17 bits per heavy atom. The van der Waals surface area contributed by atoms with Crippen molar-refractivity contribution in [2.75, 3.05) is 0 Å². The number of hydrogen-bond acceptors (Lipinski definition) is 2. The van der Waals surface area contributed by atoms with Crippen LogP contribution in [0.1, 0.15) is 65.6 Å². The lowest BCUT2D eigenvalue weighted by Crippen LogP contribution is -2.08. The highest BCUT2D eigenvalue weighted by Gasteiger charge is 2.16. The van der Waals surface area contributed by atoms with E-state index in [1.165, 1.54) is 29.5 Å². The van der Waals surface area contributed by atoms with E-state index < -0.39 is 0 Å². The molecule has 1 aromatic carbocycles. The summed E-state index contributed by atoms with van der Waals surface area (Å²) in [5.41, 5.74) is 6.04. The van der Waals surface area contributed by atoms with Crippen molar-refractivity contribution < 1.29 is 4.79 Å². The Balaban J connectivity index is 1.91. The molecule has 0 amide bonds. The summed E-state index contributed by atoms with van der Waals surface area (Å²) in [4.78, 5) is 19.7. The zero-order valence-electron chi connectivity index (χ0n) is 14.0. The summed E-state index contributed by atoms with van der Waals surface area (Å²) in [5.74, 6) is 0.519. The molecule has 1 heterocycles. The van der Waals surface area contributed by atoms with Crippen LogP contribution >= 0.6 is 0 Å². The molecule has 0 atom stereocenters. The largest absolute Gasteiger partial charge is 0.340 e. The quantitative estimate of drug-likeness (QED) is 0.816. The van der Waals surface area contributed by atoms with Crippen molar-refractivity contribution in [2.24, 2.45) is 0 Å². The Morgan fingerprint density at radius 1 is 1.30 bits per heavy atom. The third kappa shape index (κ3) is 3.61. The molecule has 3 heteroatoms. The molecule has 120 valence electrons. The number of benzene rings is 1. The molecule has 0 spiro atoms. The van der Waals surface area contributed by atoms with Crippen molar-refractivity contribution >= 4 is 11.4 Å². The van der Waals surface area contributed by atoms with E-state index in [-0.39, 0.29) is 5.78 Å². The third-order valence-corrected chi connectivity index (χ3v) is 4.54. The molecule has 23 heavy (non-hydrogen) atoms. The lowest BCUT2D eigenvalue weighted by Gasteiger charge is -2.17. The number of rotatable bonds is 5. The zero-order chi connectivity index (χ0) is 16.2. The number of ketones is 1. The standard InChI is InChI=1S/C20H24N2O/c1-3-15-9-10-17(12-19(23)20-21-13-14(2)22-20)18(11-15)16-7-5-4-6-8-16/h7,9-11,13H,3-6,8,12H2,1-2H3,(H,21,22). The van der Waals surface area contributed by atoms with Crippen LogP contribution in [0, 0.1) is 6.92 Å². The highest BCUT2D eigenvalue weighted by molar-refractivity contribution is 5.95. The Labute approximate surface area is 137 Å². The van der Waals surface area contributed by atoms with E-state index in [4.69, 9.17) is 0 Å².